The fourth-order valence-electron chi connectivity index (χ4n) is 17.1. The van der Waals surface area contributed by atoms with Gasteiger partial charge in [0.05, 0.1) is 52.1 Å². The lowest BCUT2D eigenvalue weighted by atomic mass is 10.0. The molecule has 4 aliphatic rings. The molecule has 5 N–H and O–H groups in total. The Bertz CT molecular complexity index is 5790. The van der Waals surface area contributed by atoms with Crippen LogP contribution in [0.1, 0.15) is 264 Å². The van der Waals surface area contributed by atoms with Crippen LogP contribution in [0.3, 0.4) is 0 Å². The zero-order valence-corrected chi connectivity index (χ0v) is 70.7. The number of hydrogen-bond acceptors (Lipinski definition) is 6. The summed E-state index contributed by atoms with van der Waals surface area (Å²) in [6.07, 6.45) is 53.9. The van der Waals surface area contributed by atoms with Crippen molar-refractivity contribution in [1.29, 1.82) is 0 Å². The van der Waals surface area contributed by atoms with E-state index in [1.807, 2.05) is 24.3 Å². The minimum Gasteiger partial charge on any atom is -0.486 e. The number of carboxylic acid groups (broad SMARTS) is 1. The second-order valence-electron chi connectivity index (χ2n) is 32.3. The van der Waals surface area contributed by atoms with E-state index in [1.54, 1.807) is 0 Å². The number of aromatic amines is 4. The van der Waals surface area contributed by atoms with Gasteiger partial charge >= 0.3 is 5.97 Å². The van der Waals surface area contributed by atoms with E-state index in [0.717, 1.165) is 293 Å². The fraction of sp³-hybridized carbons (Fsp3) is 0.278. The van der Waals surface area contributed by atoms with Crippen molar-refractivity contribution in [3.8, 4) is 22.3 Å². The maximum absolute atomic E-state index is 11.9. The van der Waals surface area contributed by atoms with E-state index in [1.165, 1.54) is 52.3 Å². The topological polar surface area (TPSA) is 160 Å². The molecule has 5 aromatic carbocycles. The molecule has 0 atom stereocenters. The normalized spacial score (nSPS) is 12.5. The number of nitrogens with one attached hydrogen (secondary N) is 4. The van der Waals surface area contributed by atoms with Crippen molar-refractivity contribution < 1.29 is 9.90 Å². The first-order valence-electron chi connectivity index (χ1n) is 44.2. The SMILES string of the molecule is [C-]#[N+]/C(=C\c1ccc(N(c2ccc(/C=C/c3ccc(-c4c5nc(c(CCCCC)c6ccc([nH]6)c(CCCCC)c6nc(c(CCCCC)c7ccc4[nH]7)C=C6)C=C5)cc3)cc2)c2ccc(/C=C/c3ccc(-c4c5nc(c(CCCCC)c6ccc([nH]6)c(CCCCC)c6nc(c(CCCCC)c7ccc4[nH]7)C=C6)C=C5)cc3)cc2)cc1)C(=O)O. The molecule has 0 spiro atoms. The molecular formula is C108H112N10O2. The van der Waals surface area contributed by atoms with Crippen LogP contribution in [-0.4, -0.2) is 50.9 Å². The number of carboxylic acids is 1. The monoisotopic (exact) mass is 1580 g/mol. The molecule has 0 fully saturated rings. The smallest absolute Gasteiger partial charge is 0.333 e. The summed E-state index contributed by atoms with van der Waals surface area (Å²) < 4.78 is 0. The standard InChI is InChI=1S/C108H112N10O2/c1-8-14-20-26-83-89-56-60-93(110-89)85(28-22-16-10-3)97-64-68-101(114-97)106(102-69-65-98(115-102)86(29-23-17-11-4)94-61-57-90(83)111-94)78-46-36-73(37-47-78)32-34-75-40-50-80(51-41-75)118(82-54-44-77(45-55-82)72-105(109-7)108(119)120)81-52-42-76(43-53-81)35-33-74-38-48-79(49-39-74)107-103-70-66-99(116-103)87(30-24-18-12-5)95-62-58-91(112-95)84(27-21-15-9-2)92-59-63-96(113-92)88(31-25-19-13-6)100-67-71-104(107)117-100/h32-72,110,112,115,117H,8-31H2,1-6H3,(H,119,120)/b34-32+,35-33+,89-83?,90-83?,91-84?,92-84?,93-85?,94-86?,95-87?,96-88?,97-85?,98-86?,99-87?,100-88?,105-72-,106-101?,106-102?,107-103?,107-104?. The van der Waals surface area contributed by atoms with Crippen LogP contribution < -0.4 is 4.90 Å². The fourth-order valence-corrected chi connectivity index (χ4v) is 17.1. The molecule has 0 radical (unpaired) electrons. The number of aromatic nitrogens is 8. The Balaban J connectivity index is 0.726. The lowest BCUT2D eigenvalue weighted by Crippen LogP contribution is -2.09. The van der Waals surface area contributed by atoms with E-state index in [9.17, 15) is 9.90 Å². The van der Waals surface area contributed by atoms with E-state index >= 15 is 0 Å². The molecule has 6 aromatic heterocycles. The molecule has 0 saturated carbocycles. The van der Waals surface area contributed by atoms with Crippen LogP contribution in [0.2, 0.25) is 0 Å². The summed E-state index contributed by atoms with van der Waals surface area (Å²) >= 11 is 0. The molecule has 12 nitrogen and oxygen atoms in total. The van der Waals surface area contributed by atoms with Gasteiger partial charge in [0, 0.05) is 106 Å². The van der Waals surface area contributed by atoms with Crippen LogP contribution in [0.4, 0.5) is 17.1 Å². The first kappa shape index (κ1) is 82.4. The number of nitrogens with zero attached hydrogens (tertiary/aromatic N) is 6. The van der Waals surface area contributed by atoms with Crippen molar-refractivity contribution in [3.63, 3.8) is 0 Å². The van der Waals surface area contributed by atoms with Crippen molar-refractivity contribution >= 4 is 146 Å². The van der Waals surface area contributed by atoms with Gasteiger partial charge in [0.2, 0.25) is 0 Å². The highest BCUT2D eigenvalue weighted by Crippen LogP contribution is 2.40. The molecule has 120 heavy (non-hydrogen) atoms. The predicted octanol–water partition coefficient (Wildman–Crippen LogP) is 29.5. The number of aliphatic carboxylic acids is 1. The van der Waals surface area contributed by atoms with E-state index < -0.39 is 5.97 Å². The Morgan fingerprint density at radius 2 is 0.533 bits per heavy atom. The van der Waals surface area contributed by atoms with Gasteiger partial charge in [-0.05, 0) is 256 Å². The molecule has 12 heteroatoms. The number of carbonyl (C=O) groups is 1. The Labute approximate surface area is 708 Å². The Hall–Kier alpha value is -12.7. The maximum Gasteiger partial charge on any atom is 0.333 e. The summed E-state index contributed by atoms with van der Waals surface area (Å²) in [6.45, 7) is 21.1. The molecule has 16 bridgehead atoms. The number of hydrogen-bond donors (Lipinski definition) is 5. The van der Waals surface area contributed by atoms with Crippen LogP contribution >= 0.6 is 0 Å². The van der Waals surface area contributed by atoms with Crippen LogP contribution in [0.5, 0.6) is 0 Å². The summed E-state index contributed by atoms with van der Waals surface area (Å²) in [4.78, 5) is 55.2. The van der Waals surface area contributed by atoms with Gasteiger partial charge in [-0.2, -0.15) is 0 Å². The zero-order chi connectivity index (χ0) is 82.7. The first-order valence-corrected chi connectivity index (χ1v) is 44.2. The average molecular weight is 1580 g/mol. The van der Waals surface area contributed by atoms with Crippen molar-refractivity contribution in [2.45, 2.75) is 196 Å². The summed E-state index contributed by atoms with van der Waals surface area (Å²) in [5.41, 5.74) is 35.8. The third-order valence-electron chi connectivity index (χ3n) is 23.8. The third-order valence-corrected chi connectivity index (χ3v) is 23.8. The van der Waals surface area contributed by atoms with Crippen LogP contribution in [-0.2, 0) is 43.3 Å². The molecule has 4 aliphatic heterocycles. The van der Waals surface area contributed by atoms with Crippen molar-refractivity contribution in [3.05, 3.63) is 294 Å². The Kier molecular flexibility index (Phi) is 27.2. The highest BCUT2D eigenvalue weighted by molar-refractivity contribution is 5.97. The van der Waals surface area contributed by atoms with Crippen molar-refractivity contribution in [1.82, 2.24) is 39.9 Å². The average Bonchev–Trinajstić information content (AvgIpc) is 1.66. The second-order valence-corrected chi connectivity index (χ2v) is 32.3. The van der Waals surface area contributed by atoms with E-state index in [4.69, 9.17) is 26.5 Å². The van der Waals surface area contributed by atoms with Gasteiger partial charge in [-0.3, -0.25) is 4.79 Å². The van der Waals surface area contributed by atoms with Gasteiger partial charge in [-0.15, -0.1) is 0 Å². The Morgan fingerprint density at radius 1 is 0.308 bits per heavy atom. The van der Waals surface area contributed by atoms with Gasteiger partial charge in [0.25, 0.3) is 5.70 Å². The van der Waals surface area contributed by atoms with E-state index in [2.05, 4.69) is 290 Å². The number of aryl methyl sites for hydroxylation is 6. The molecule has 15 rings (SSSR count). The van der Waals surface area contributed by atoms with E-state index in [-0.39, 0.29) is 5.70 Å². The van der Waals surface area contributed by atoms with Crippen LogP contribution in [0.15, 0.2) is 176 Å². The summed E-state index contributed by atoms with van der Waals surface area (Å²) in [7, 11) is 0. The summed E-state index contributed by atoms with van der Waals surface area (Å²) in [5.74, 6) is -1.26. The largest absolute Gasteiger partial charge is 0.486 e. The van der Waals surface area contributed by atoms with Crippen molar-refractivity contribution in [2.24, 2.45) is 0 Å². The zero-order valence-electron chi connectivity index (χ0n) is 70.7. The van der Waals surface area contributed by atoms with Gasteiger partial charge in [0.1, 0.15) is 0 Å². The second kappa shape index (κ2) is 39.7. The molecule has 606 valence electrons. The number of benzene rings is 5. The molecule has 0 saturated heterocycles. The van der Waals surface area contributed by atoms with Crippen LogP contribution in [0, 0.1) is 6.57 Å². The number of unbranched alkanes of at least 4 members (excludes halogenated alkanes) is 12. The minimum atomic E-state index is -1.26. The summed E-state index contributed by atoms with van der Waals surface area (Å²) in [5, 5.41) is 9.74. The molecule has 0 amide bonds. The third kappa shape index (κ3) is 19.3. The summed E-state index contributed by atoms with van der Waals surface area (Å²) in [6, 6.07) is 60.5. The lowest BCUT2D eigenvalue weighted by Gasteiger charge is -2.26. The Morgan fingerprint density at radius 3 is 0.783 bits per heavy atom. The molecular weight excluding hydrogens is 1470 g/mol. The number of fused-ring (bicyclic) bond motifs is 16. The van der Waals surface area contributed by atoms with Gasteiger partial charge in [-0.25, -0.2) is 24.8 Å². The molecule has 10 heterocycles. The van der Waals surface area contributed by atoms with Gasteiger partial charge in [0.15, 0.2) is 0 Å². The quantitative estimate of drug-likeness (QED) is 0.0114. The molecule has 0 aliphatic carbocycles. The lowest BCUT2D eigenvalue weighted by molar-refractivity contribution is -0.132. The highest BCUT2D eigenvalue weighted by atomic mass is 16.4. The van der Waals surface area contributed by atoms with E-state index in [0.29, 0.717) is 5.56 Å². The highest BCUT2D eigenvalue weighted by Gasteiger charge is 2.22. The van der Waals surface area contributed by atoms with Gasteiger partial charge < -0.3 is 29.9 Å². The predicted molar refractivity (Wildman–Crippen MR) is 509 cm³/mol. The number of H-pyrrole nitrogens is 4. The maximum atomic E-state index is 11.9. The molecule has 11 aromatic rings. The molecule has 0 unspecified atom stereocenters. The number of rotatable bonds is 35. The first-order chi connectivity index (χ1) is 59.0. The minimum absolute atomic E-state index is 0.345. The number of anilines is 3. The van der Waals surface area contributed by atoms with Gasteiger partial charge in [-0.1, -0.05) is 228 Å². The van der Waals surface area contributed by atoms with Crippen molar-refractivity contribution in [2.75, 3.05) is 4.90 Å². The van der Waals surface area contributed by atoms with Crippen LogP contribution in [0.25, 0.3) is 150 Å².